The number of aryl methyl sites for hydroxylation is 2. The predicted molar refractivity (Wildman–Crippen MR) is 120 cm³/mol. The summed E-state index contributed by atoms with van der Waals surface area (Å²) in [5, 5.41) is 0. The molecule has 1 fully saturated rings. The van der Waals surface area contributed by atoms with Crippen molar-refractivity contribution in [3.63, 3.8) is 0 Å². The maximum Gasteiger partial charge on any atom is 0.264 e. The van der Waals surface area contributed by atoms with Gasteiger partial charge in [-0.25, -0.2) is 8.42 Å². The zero-order valence-electron chi connectivity index (χ0n) is 17.0. The average molecular weight is 441 g/mol. The van der Waals surface area contributed by atoms with Gasteiger partial charge in [0.2, 0.25) is 9.84 Å². The van der Waals surface area contributed by atoms with E-state index in [1.165, 1.54) is 22.9 Å². The van der Waals surface area contributed by atoms with E-state index in [0.29, 0.717) is 18.0 Å². The second kappa shape index (κ2) is 8.24. The molecule has 2 heterocycles. The molecule has 0 bridgehead atoms. The van der Waals surface area contributed by atoms with Crippen molar-refractivity contribution in [2.45, 2.75) is 23.0 Å². The highest BCUT2D eigenvalue weighted by molar-refractivity contribution is 7.93. The number of benzene rings is 2. The van der Waals surface area contributed by atoms with Gasteiger partial charge < -0.3 is 9.80 Å². The molecule has 1 aliphatic rings. The first-order chi connectivity index (χ1) is 14.4. The van der Waals surface area contributed by atoms with Crippen LogP contribution in [-0.4, -0.2) is 45.4 Å². The number of hydrogen-bond acceptors (Lipinski definition) is 5. The second-order valence-electron chi connectivity index (χ2n) is 7.50. The molecule has 0 unspecified atom stereocenters. The van der Waals surface area contributed by atoms with Crippen molar-refractivity contribution in [3.8, 4) is 0 Å². The number of carbonyl (C=O) groups is 1. The molecular weight excluding hydrogens is 416 g/mol. The average Bonchev–Trinajstić information content (AvgIpc) is 3.27. The molecule has 0 atom stereocenters. The Labute approximate surface area is 181 Å². The number of amides is 1. The van der Waals surface area contributed by atoms with Crippen molar-refractivity contribution in [3.05, 3.63) is 76.7 Å². The Morgan fingerprint density at radius 3 is 2.30 bits per heavy atom. The Bertz CT molecular complexity index is 1160. The van der Waals surface area contributed by atoms with Gasteiger partial charge in [0.15, 0.2) is 0 Å². The van der Waals surface area contributed by atoms with Crippen LogP contribution in [0.5, 0.6) is 0 Å². The Kier molecular flexibility index (Phi) is 5.66. The number of nitrogens with zero attached hydrogens (tertiary/aromatic N) is 2. The maximum absolute atomic E-state index is 13.0. The van der Waals surface area contributed by atoms with Crippen molar-refractivity contribution >= 4 is 32.8 Å². The molecule has 0 aliphatic carbocycles. The van der Waals surface area contributed by atoms with E-state index in [0.717, 1.165) is 24.4 Å². The SMILES string of the molecule is Cc1ccc(C)c(N2CCN(C(=O)c3ccc(S(=O)(=O)c4ccccc4)s3)CC2)c1. The van der Waals surface area contributed by atoms with Crippen LogP contribution in [0.15, 0.2) is 69.8 Å². The molecule has 0 saturated carbocycles. The minimum absolute atomic E-state index is 0.102. The Hall–Kier alpha value is -2.64. The van der Waals surface area contributed by atoms with Crippen molar-refractivity contribution in [2.75, 3.05) is 31.1 Å². The Morgan fingerprint density at radius 2 is 1.60 bits per heavy atom. The van der Waals surface area contributed by atoms with E-state index in [2.05, 4.69) is 36.9 Å². The molecule has 156 valence electrons. The van der Waals surface area contributed by atoms with E-state index >= 15 is 0 Å². The lowest BCUT2D eigenvalue weighted by atomic mass is 10.1. The van der Waals surface area contributed by atoms with E-state index in [9.17, 15) is 13.2 Å². The van der Waals surface area contributed by atoms with E-state index < -0.39 is 9.84 Å². The van der Waals surface area contributed by atoms with Crippen LogP contribution in [0.25, 0.3) is 0 Å². The van der Waals surface area contributed by atoms with Gasteiger partial charge in [0.05, 0.1) is 9.77 Å². The second-order valence-corrected chi connectivity index (χ2v) is 10.8. The lowest BCUT2D eigenvalue weighted by Crippen LogP contribution is -2.48. The molecule has 0 radical (unpaired) electrons. The molecule has 1 saturated heterocycles. The number of rotatable bonds is 4. The first-order valence-corrected chi connectivity index (χ1v) is 12.2. The van der Waals surface area contributed by atoms with Crippen LogP contribution in [-0.2, 0) is 9.84 Å². The van der Waals surface area contributed by atoms with Gasteiger partial charge in [0.25, 0.3) is 5.91 Å². The highest BCUT2D eigenvalue weighted by atomic mass is 32.2. The van der Waals surface area contributed by atoms with Crippen LogP contribution in [0.3, 0.4) is 0 Å². The highest BCUT2D eigenvalue weighted by Gasteiger charge is 2.26. The van der Waals surface area contributed by atoms with Gasteiger partial charge in [0.1, 0.15) is 4.21 Å². The molecule has 2 aromatic carbocycles. The molecule has 5 nitrogen and oxygen atoms in total. The quantitative estimate of drug-likeness (QED) is 0.611. The first kappa shape index (κ1) is 20.6. The topological polar surface area (TPSA) is 57.7 Å². The molecule has 1 amide bonds. The summed E-state index contributed by atoms with van der Waals surface area (Å²) in [6, 6.07) is 17.9. The molecular formula is C23H24N2O3S2. The van der Waals surface area contributed by atoms with Crippen molar-refractivity contribution in [1.29, 1.82) is 0 Å². The fourth-order valence-corrected chi connectivity index (χ4v) is 6.36. The molecule has 1 aliphatic heterocycles. The van der Waals surface area contributed by atoms with Crippen molar-refractivity contribution < 1.29 is 13.2 Å². The molecule has 30 heavy (non-hydrogen) atoms. The van der Waals surface area contributed by atoms with Crippen molar-refractivity contribution in [2.24, 2.45) is 0 Å². The van der Waals surface area contributed by atoms with Crippen LogP contribution in [0.2, 0.25) is 0 Å². The summed E-state index contributed by atoms with van der Waals surface area (Å²) >= 11 is 1.05. The van der Waals surface area contributed by atoms with Gasteiger partial charge in [0, 0.05) is 31.9 Å². The monoisotopic (exact) mass is 440 g/mol. The minimum Gasteiger partial charge on any atom is -0.368 e. The smallest absolute Gasteiger partial charge is 0.264 e. The van der Waals surface area contributed by atoms with Crippen LogP contribution in [0.1, 0.15) is 20.8 Å². The van der Waals surface area contributed by atoms with E-state index in [1.54, 1.807) is 36.4 Å². The first-order valence-electron chi connectivity index (χ1n) is 9.88. The largest absolute Gasteiger partial charge is 0.368 e. The standard InChI is InChI=1S/C23H24N2O3S2/c1-17-8-9-18(2)20(16-17)24-12-14-25(15-13-24)23(26)21-10-11-22(29-21)30(27,28)19-6-4-3-5-7-19/h3-11,16H,12-15H2,1-2H3. The zero-order valence-corrected chi connectivity index (χ0v) is 18.7. The lowest BCUT2D eigenvalue weighted by Gasteiger charge is -2.36. The molecule has 0 N–H and O–H groups in total. The summed E-state index contributed by atoms with van der Waals surface area (Å²) < 4.78 is 25.8. The third-order valence-electron chi connectivity index (χ3n) is 5.38. The van der Waals surface area contributed by atoms with Crippen LogP contribution in [0, 0.1) is 13.8 Å². The summed E-state index contributed by atoms with van der Waals surface area (Å²) in [6.45, 7) is 6.94. The van der Waals surface area contributed by atoms with Gasteiger partial charge in [-0.3, -0.25) is 4.79 Å². The van der Waals surface area contributed by atoms with Crippen LogP contribution >= 0.6 is 11.3 Å². The molecule has 7 heteroatoms. The van der Waals surface area contributed by atoms with Gasteiger partial charge in [-0.1, -0.05) is 30.3 Å². The maximum atomic E-state index is 13.0. The number of sulfone groups is 1. The molecule has 3 aromatic rings. The third-order valence-corrected chi connectivity index (χ3v) is 8.72. The summed E-state index contributed by atoms with van der Waals surface area (Å²) in [6.07, 6.45) is 0. The summed E-state index contributed by atoms with van der Waals surface area (Å²) in [7, 11) is -3.60. The predicted octanol–water partition coefficient (Wildman–Crippen LogP) is 4.16. The normalized spacial score (nSPS) is 14.7. The minimum atomic E-state index is -3.60. The fraction of sp³-hybridized carbons (Fsp3) is 0.261. The lowest BCUT2D eigenvalue weighted by molar-refractivity contribution is 0.0751. The summed E-state index contributed by atoms with van der Waals surface area (Å²) in [4.78, 5) is 17.8. The van der Waals surface area contributed by atoms with E-state index in [1.807, 2.05) is 4.90 Å². The van der Waals surface area contributed by atoms with Gasteiger partial charge in [-0.05, 0) is 55.3 Å². The zero-order chi connectivity index (χ0) is 21.3. The van der Waals surface area contributed by atoms with Crippen LogP contribution in [0.4, 0.5) is 5.69 Å². The number of hydrogen-bond donors (Lipinski definition) is 0. The van der Waals surface area contributed by atoms with Crippen LogP contribution < -0.4 is 4.90 Å². The van der Waals surface area contributed by atoms with Crippen molar-refractivity contribution in [1.82, 2.24) is 4.90 Å². The summed E-state index contributed by atoms with van der Waals surface area (Å²) in [5.41, 5.74) is 3.67. The fourth-order valence-electron chi connectivity index (χ4n) is 3.66. The van der Waals surface area contributed by atoms with E-state index in [-0.39, 0.29) is 15.0 Å². The number of thiophene rings is 1. The molecule has 0 spiro atoms. The number of carbonyl (C=O) groups excluding carboxylic acids is 1. The number of anilines is 1. The highest BCUT2D eigenvalue weighted by Crippen LogP contribution is 2.29. The summed E-state index contributed by atoms with van der Waals surface area (Å²) in [5.74, 6) is -0.102. The van der Waals surface area contributed by atoms with Gasteiger partial charge >= 0.3 is 0 Å². The molecule has 1 aromatic heterocycles. The molecule has 4 rings (SSSR count). The third kappa shape index (κ3) is 4.00. The van der Waals surface area contributed by atoms with Gasteiger partial charge in [-0.15, -0.1) is 11.3 Å². The number of piperazine rings is 1. The Balaban J connectivity index is 1.46. The Morgan fingerprint density at radius 1 is 0.900 bits per heavy atom. The van der Waals surface area contributed by atoms with E-state index in [4.69, 9.17) is 0 Å². The van der Waals surface area contributed by atoms with Gasteiger partial charge in [-0.2, -0.15) is 0 Å².